The third-order valence-electron chi connectivity index (χ3n) is 5.41. The predicted molar refractivity (Wildman–Crippen MR) is 119 cm³/mol. The van der Waals surface area contributed by atoms with Crippen LogP contribution in [0.25, 0.3) is 0 Å². The summed E-state index contributed by atoms with van der Waals surface area (Å²) in [5.41, 5.74) is 2.81. The average molecular weight is 424 g/mol. The van der Waals surface area contributed by atoms with Crippen molar-refractivity contribution in [1.82, 2.24) is 5.32 Å². The quantitative estimate of drug-likeness (QED) is 0.774. The van der Waals surface area contributed by atoms with Crippen LogP contribution in [0.4, 0.5) is 11.4 Å². The summed E-state index contributed by atoms with van der Waals surface area (Å²) in [5.74, 6) is 0.878. The third kappa shape index (κ3) is 4.67. The maximum Gasteiger partial charge on any atom is 0.227 e. The summed E-state index contributed by atoms with van der Waals surface area (Å²) in [6, 6.07) is 15.6. The van der Waals surface area contributed by atoms with Crippen molar-refractivity contribution in [3.05, 3.63) is 54.1 Å². The van der Waals surface area contributed by atoms with E-state index in [4.69, 9.17) is 0 Å². The second kappa shape index (κ2) is 9.34. The van der Waals surface area contributed by atoms with E-state index >= 15 is 0 Å². The van der Waals surface area contributed by atoms with Crippen LogP contribution >= 0.6 is 11.8 Å². The summed E-state index contributed by atoms with van der Waals surface area (Å²) >= 11 is 1.75. The topological polar surface area (TPSA) is 69.7 Å². The fourth-order valence-electron chi connectivity index (χ4n) is 3.79. The van der Waals surface area contributed by atoms with Crippen LogP contribution < -0.4 is 15.1 Å². The molecule has 2 aliphatic heterocycles. The number of nitrogens with one attached hydrogen (secondary N) is 1. The summed E-state index contributed by atoms with van der Waals surface area (Å²) in [6.45, 7) is 1.85. The second-order valence-electron chi connectivity index (χ2n) is 7.45. The molecule has 1 saturated heterocycles. The minimum Gasteiger partial charge on any atom is -0.352 e. The molecule has 0 radical (unpaired) electrons. The van der Waals surface area contributed by atoms with Gasteiger partial charge in [-0.2, -0.15) is 0 Å². The molecule has 0 aliphatic carbocycles. The minimum atomic E-state index is -0.137. The van der Waals surface area contributed by atoms with Gasteiger partial charge in [0, 0.05) is 55.2 Å². The molecule has 30 heavy (non-hydrogen) atoms. The Labute approximate surface area is 180 Å². The highest BCUT2D eigenvalue weighted by atomic mass is 32.2. The first-order chi connectivity index (χ1) is 14.6. The lowest BCUT2D eigenvalue weighted by atomic mass is 10.2. The number of fused-ring (bicyclic) bond motifs is 1. The molecule has 2 aliphatic rings. The normalized spacial score (nSPS) is 15.8. The van der Waals surface area contributed by atoms with E-state index in [0.29, 0.717) is 19.5 Å². The van der Waals surface area contributed by atoms with Crippen molar-refractivity contribution in [2.45, 2.75) is 37.1 Å². The van der Waals surface area contributed by atoms with Crippen LogP contribution in [-0.2, 0) is 20.9 Å². The SMILES string of the molecule is O=C(CCC(=O)N1CCSc2ccccc21)NCc1ccc(N2CCCC2=O)cc1. The van der Waals surface area contributed by atoms with E-state index in [-0.39, 0.29) is 30.6 Å². The Kier molecular flexibility index (Phi) is 6.38. The van der Waals surface area contributed by atoms with Gasteiger partial charge < -0.3 is 15.1 Å². The van der Waals surface area contributed by atoms with Gasteiger partial charge in [0.15, 0.2) is 0 Å². The summed E-state index contributed by atoms with van der Waals surface area (Å²) < 4.78 is 0. The van der Waals surface area contributed by atoms with Crippen LogP contribution in [-0.4, -0.2) is 36.6 Å². The molecular formula is C23H25N3O3S. The number of thioether (sulfide) groups is 1. The van der Waals surface area contributed by atoms with Gasteiger partial charge in [-0.3, -0.25) is 14.4 Å². The van der Waals surface area contributed by atoms with Crippen LogP contribution in [0.5, 0.6) is 0 Å². The predicted octanol–water partition coefficient (Wildman–Crippen LogP) is 3.35. The molecule has 2 aromatic rings. The minimum absolute atomic E-state index is 0.0162. The van der Waals surface area contributed by atoms with E-state index < -0.39 is 0 Å². The van der Waals surface area contributed by atoms with Gasteiger partial charge in [-0.05, 0) is 36.2 Å². The fourth-order valence-corrected chi connectivity index (χ4v) is 4.78. The zero-order valence-corrected chi connectivity index (χ0v) is 17.6. The molecule has 0 bridgehead atoms. The van der Waals surface area contributed by atoms with E-state index in [2.05, 4.69) is 5.32 Å². The van der Waals surface area contributed by atoms with Gasteiger partial charge in [-0.15, -0.1) is 11.8 Å². The number of hydrogen-bond donors (Lipinski definition) is 1. The molecule has 3 amide bonds. The number of anilines is 2. The Hall–Kier alpha value is -2.80. The first-order valence-corrected chi connectivity index (χ1v) is 11.3. The molecule has 4 rings (SSSR count). The maximum atomic E-state index is 12.6. The maximum absolute atomic E-state index is 12.6. The molecule has 0 aromatic heterocycles. The Balaban J connectivity index is 1.24. The fraction of sp³-hybridized carbons (Fsp3) is 0.348. The average Bonchev–Trinajstić information content (AvgIpc) is 3.21. The number of benzene rings is 2. The lowest BCUT2D eigenvalue weighted by Crippen LogP contribution is -2.36. The van der Waals surface area contributed by atoms with E-state index in [1.54, 1.807) is 21.6 Å². The molecular weight excluding hydrogens is 398 g/mol. The molecule has 2 aromatic carbocycles. The molecule has 0 atom stereocenters. The van der Waals surface area contributed by atoms with Crippen LogP contribution in [0, 0.1) is 0 Å². The van der Waals surface area contributed by atoms with Crippen molar-refractivity contribution in [2.24, 2.45) is 0 Å². The van der Waals surface area contributed by atoms with E-state index in [0.717, 1.165) is 40.6 Å². The first-order valence-electron chi connectivity index (χ1n) is 10.3. The first kappa shape index (κ1) is 20.5. The Morgan fingerprint density at radius 3 is 2.57 bits per heavy atom. The molecule has 6 nitrogen and oxygen atoms in total. The van der Waals surface area contributed by atoms with Gasteiger partial charge in [-0.25, -0.2) is 0 Å². The number of amides is 3. The Bertz CT molecular complexity index is 945. The summed E-state index contributed by atoms with van der Waals surface area (Å²) in [5, 5.41) is 2.88. The van der Waals surface area contributed by atoms with Crippen LogP contribution in [0.2, 0.25) is 0 Å². The molecule has 0 spiro atoms. The Morgan fingerprint density at radius 1 is 1.00 bits per heavy atom. The summed E-state index contributed by atoms with van der Waals surface area (Å²) in [6.07, 6.45) is 1.88. The van der Waals surface area contributed by atoms with Crippen molar-refractivity contribution in [1.29, 1.82) is 0 Å². The van der Waals surface area contributed by atoms with Gasteiger partial charge >= 0.3 is 0 Å². The zero-order chi connectivity index (χ0) is 20.9. The second-order valence-corrected chi connectivity index (χ2v) is 8.59. The zero-order valence-electron chi connectivity index (χ0n) is 16.8. The van der Waals surface area contributed by atoms with E-state index in [1.807, 2.05) is 48.5 Å². The Morgan fingerprint density at radius 2 is 1.80 bits per heavy atom. The van der Waals surface area contributed by atoms with Crippen LogP contribution in [0.1, 0.15) is 31.2 Å². The van der Waals surface area contributed by atoms with Gasteiger partial charge in [0.1, 0.15) is 0 Å². The van der Waals surface area contributed by atoms with E-state index in [1.165, 1.54) is 0 Å². The lowest BCUT2D eigenvalue weighted by Gasteiger charge is -2.29. The third-order valence-corrected chi connectivity index (χ3v) is 6.45. The summed E-state index contributed by atoms with van der Waals surface area (Å²) in [7, 11) is 0. The smallest absolute Gasteiger partial charge is 0.227 e. The van der Waals surface area contributed by atoms with E-state index in [9.17, 15) is 14.4 Å². The van der Waals surface area contributed by atoms with Gasteiger partial charge in [0.2, 0.25) is 17.7 Å². The molecule has 7 heteroatoms. The highest BCUT2D eigenvalue weighted by molar-refractivity contribution is 7.99. The largest absolute Gasteiger partial charge is 0.352 e. The van der Waals surface area contributed by atoms with Crippen LogP contribution in [0.15, 0.2) is 53.4 Å². The van der Waals surface area contributed by atoms with Gasteiger partial charge in [0.05, 0.1) is 5.69 Å². The molecule has 1 fully saturated rings. The van der Waals surface area contributed by atoms with Crippen LogP contribution in [0.3, 0.4) is 0 Å². The number of nitrogens with zero attached hydrogens (tertiary/aromatic N) is 2. The van der Waals surface area contributed by atoms with Crippen molar-refractivity contribution in [3.63, 3.8) is 0 Å². The van der Waals surface area contributed by atoms with Crippen molar-refractivity contribution in [3.8, 4) is 0 Å². The number of carbonyl (C=O) groups is 3. The number of carbonyl (C=O) groups excluding carboxylic acids is 3. The lowest BCUT2D eigenvalue weighted by molar-refractivity contribution is -0.125. The van der Waals surface area contributed by atoms with Gasteiger partial charge in [0.25, 0.3) is 0 Å². The standard InChI is InChI=1S/C23H25N3O3S/c27-21(11-12-23(29)26-14-15-30-20-5-2-1-4-19(20)26)24-16-17-7-9-18(10-8-17)25-13-3-6-22(25)28/h1-2,4-5,7-10H,3,6,11-16H2,(H,24,27). The van der Waals surface area contributed by atoms with Gasteiger partial charge in [-0.1, -0.05) is 24.3 Å². The molecule has 0 unspecified atom stereocenters. The summed E-state index contributed by atoms with van der Waals surface area (Å²) in [4.78, 5) is 41.4. The highest BCUT2D eigenvalue weighted by Gasteiger charge is 2.23. The van der Waals surface area contributed by atoms with Crippen molar-refractivity contribution < 1.29 is 14.4 Å². The molecule has 1 N–H and O–H groups in total. The number of hydrogen-bond acceptors (Lipinski definition) is 4. The monoisotopic (exact) mass is 423 g/mol. The molecule has 2 heterocycles. The van der Waals surface area contributed by atoms with Crippen molar-refractivity contribution in [2.75, 3.05) is 28.6 Å². The number of para-hydroxylation sites is 1. The molecule has 156 valence electrons. The molecule has 0 saturated carbocycles. The number of rotatable bonds is 6. The highest BCUT2D eigenvalue weighted by Crippen LogP contribution is 2.34. The van der Waals surface area contributed by atoms with Crippen molar-refractivity contribution >= 4 is 40.9 Å².